The summed E-state index contributed by atoms with van der Waals surface area (Å²) in [4.78, 5) is 4.62. The van der Waals surface area contributed by atoms with Gasteiger partial charge in [-0.3, -0.25) is 0 Å². The molecule has 0 atom stereocenters. The summed E-state index contributed by atoms with van der Waals surface area (Å²) in [6.07, 6.45) is 0. The van der Waals surface area contributed by atoms with Crippen molar-refractivity contribution in [3.8, 4) is 0 Å². The van der Waals surface area contributed by atoms with Crippen molar-refractivity contribution < 1.29 is 4.74 Å². The minimum atomic E-state index is 0.577. The van der Waals surface area contributed by atoms with Crippen LogP contribution in [0.5, 0.6) is 0 Å². The Balaban J connectivity index is 2.41. The van der Waals surface area contributed by atoms with Crippen LogP contribution in [-0.4, -0.2) is 32.3 Å². The number of ether oxygens (including phenoxy) is 1. The molecule has 1 aromatic carbocycles. The maximum atomic E-state index is 5.56. The standard InChI is InChI=1S/C17H29N3O/c1-5-18-17(19-10-11-21-13-14(2)3)20-12-16-9-7-6-8-15(16)4/h6-9,14H,5,10-13H2,1-4H3,(H2,18,19,20). The second-order valence-corrected chi connectivity index (χ2v) is 5.52. The molecule has 0 aliphatic carbocycles. The summed E-state index contributed by atoms with van der Waals surface area (Å²) in [5.74, 6) is 1.42. The zero-order chi connectivity index (χ0) is 15.5. The van der Waals surface area contributed by atoms with Crippen LogP contribution in [0.15, 0.2) is 29.3 Å². The minimum absolute atomic E-state index is 0.577. The van der Waals surface area contributed by atoms with Crippen LogP contribution in [0.2, 0.25) is 0 Å². The Labute approximate surface area is 129 Å². The van der Waals surface area contributed by atoms with Crippen LogP contribution in [0.25, 0.3) is 0 Å². The summed E-state index contributed by atoms with van der Waals surface area (Å²) in [5.41, 5.74) is 2.53. The molecular weight excluding hydrogens is 262 g/mol. The largest absolute Gasteiger partial charge is 0.379 e. The lowest BCUT2D eigenvalue weighted by Crippen LogP contribution is -2.39. The molecule has 0 heterocycles. The monoisotopic (exact) mass is 291 g/mol. The summed E-state index contributed by atoms with van der Waals surface area (Å²) < 4.78 is 5.56. The predicted molar refractivity (Wildman–Crippen MR) is 89.7 cm³/mol. The summed E-state index contributed by atoms with van der Waals surface area (Å²) >= 11 is 0. The molecule has 2 N–H and O–H groups in total. The molecule has 0 fully saturated rings. The molecule has 0 bridgehead atoms. The first-order valence-electron chi connectivity index (χ1n) is 7.78. The lowest BCUT2D eigenvalue weighted by molar-refractivity contribution is 0.114. The molecule has 0 radical (unpaired) electrons. The van der Waals surface area contributed by atoms with Crippen molar-refractivity contribution >= 4 is 5.96 Å². The van der Waals surface area contributed by atoms with Crippen LogP contribution in [0, 0.1) is 12.8 Å². The fourth-order valence-corrected chi connectivity index (χ4v) is 1.85. The summed E-state index contributed by atoms with van der Waals surface area (Å²) in [6.45, 7) is 12.3. The zero-order valence-corrected chi connectivity index (χ0v) is 13.8. The predicted octanol–water partition coefficient (Wildman–Crippen LogP) is 2.72. The van der Waals surface area contributed by atoms with E-state index in [9.17, 15) is 0 Å². The molecule has 0 amide bonds. The van der Waals surface area contributed by atoms with Gasteiger partial charge < -0.3 is 15.4 Å². The van der Waals surface area contributed by atoms with Crippen molar-refractivity contribution in [2.45, 2.75) is 34.2 Å². The van der Waals surface area contributed by atoms with Crippen LogP contribution in [-0.2, 0) is 11.3 Å². The van der Waals surface area contributed by atoms with Crippen molar-refractivity contribution in [3.05, 3.63) is 35.4 Å². The highest BCUT2D eigenvalue weighted by Gasteiger charge is 1.99. The first-order valence-corrected chi connectivity index (χ1v) is 7.78. The molecule has 0 unspecified atom stereocenters. The fourth-order valence-electron chi connectivity index (χ4n) is 1.85. The van der Waals surface area contributed by atoms with Gasteiger partial charge in [0.05, 0.1) is 13.2 Å². The van der Waals surface area contributed by atoms with E-state index in [1.54, 1.807) is 0 Å². The Morgan fingerprint density at radius 3 is 2.67 bits per heavy atom. The van der Waals surface area contributed by atoms with Crippen LogP contribution in [0.4, 0.5) is 0 Å². The molecule has 0 aromatic heterocycles. The van der Waals surface area contributed by atoms with E-state index in [-0.39, 0.29) is 0 Å². The second kappa shape index (κ2) is 10.2. The first-order chi connectivity index (χ1) is 10.1. The lowest BCUT2D eigenvalue weighted by atomic mass is 10.1. The summed E-state index contributed by atoms with van der Waals surface area (Å²) in [7, 11) is 0. The Kier molecular flexibility index (Phi) is 8.51. The molecule has 0 saturated carbocycles. The van der Waals surface area contributed by atoms with Gasteiger partial charge in [-0.25, -0.2) is 4.99 Å². The highest BCUT2D eigenvalue weighted by Crippen LogP contribution is 2.07. The number of aliphatic imine (C=N–C) groups is 1. The summed E-state index contributed by atoms with van der Waals surface area (Å²) in [6, 6.07) is 8.34. The second-order valence-electron chi connectivity index (χ2n) is 5.52. The van der Waals surface area contributed by atoms with E-state index in [0.29, 0.717) is 19.1 Å². The molecule has 0 aliphatic heterocycles. The van der Waals surface area contributed by atoms with E-state index in [0.717, 1.165) is 25.7 Å². The van der Waals surface area contributed by atoms with E-state index in [4.69, 9.17) is 4.74 Å². The van der Waals surface area contributed by atoms with Crippen molar-refractivity contribution in [2.24, 2.45) is 10.9 Å². The first kappa shape index (κ1) is 17.5. The van der Waals surface area contributed by atoms with Gasteiger partial charge in [-0.1, -0.05) is 38.1 Å². The van der Waals surface area contributed by atoms with Crippen molar-refractivity contribution in [3.63, 3.8) is 0 Å². The molecule has 0 saturated heterocycles. The van der Waals surface area contributed by atoms with Gasteiger partial charge in [0.1, 0.15) is 0 Å². The maximum absolute atomic E-state index is 5.56. The molecule has 1 rings (SSSR count). The smallest absolute Gasteiger partial charge is 0.191 e. The van der Waals surface area contributed by atoms with Gasteiger partial charge in [-0.2, -0.15) is 0 Å². The number of guanidine groups is 1. The number of aryl methyl sites for hydroxylation is 1. The molecule has 0 spiro atoms. The molecule has 4 heteroatoms. The van der Waals surface area contributed by atoms with Crippen LogP contribution >= 0.6 is 0 Å². The quantitative estimate of drug-likeness (QED) is 0.440. The minimum Gasteiger partial charge on any atom is -0.379 e. The molecule has 21 heavy (non-hydrogen) atoms. The molecule has 0 aliphatic rings. The zero-order valence-electron chi connectivity index (χ0n) is 13.8. The fraction of sp³-hybridized carbons (Fsp3) is 0.588. The van der Waals surface area contributed by atoms with Gasteiger partial charge in [-0.15, -0.1) is 0 Å². The number of nitrogens with zero attached hydrogens (tertiary/aromatic N) is 1. The van der Waals surface area contributed by atoms with Crippen LogP contribution in [0.1, 0.15) is 31.9 Å². The van der Waals surface area contributed by atoms with Gasteiger partial charge in [0.25, 0.3) is 0 Å². The van der Waals surface area contributed by atoms with Crippen molar-refractivity contribution in [1.29, 1.82) is 0 Å². The topological polar surface area (TPSA) is 45.7 Å². The van der Waals surface area contributed by atoms with E-state index < -0.39 is 0 Å². The number of nitrogens with one attached hydrogen (secondary N) is 2. The van der Waals surface area contributed by atoms with Gasteiger partial charge >= 0.3 is 0 Å². The average Bonchev–Trinajstić information content (AvgIpc) is 2.45. The highest BCUT2D eigenvalue weighted by atomic mass is 16.5. The van der Waals surface area contributed by atoms with E-state index in [1.807, 2.05) is 0 Å². The van der Waals surface area contributed by atoms with Gasteiger partial charge in [-0.05, 0) is 30.9 Å². The van der Waals surface area contributed by atoms with Crippen molar-refractivity contribution in [1.82, 2.24) is 10.6 Å². The van der Waals surface area contributed by atoms with E-state index in [2.05, 4.69) is 67.6 Å². The Bertz CT molecular complexity index is 430. The lowest BCUT2D eigenvalue weighted by Gasteiger charge is -2.12. The van der Waals surface area contributed by atoms with E-state index >= 15 is 0 Å². The van der Waals surface area contributed by atoms with Gasteiger partial charge in [0.15, 0.2) is 5.96 Å². The van der Waals surface area contributed by atoms with Crippen LogP contribution < -0.4 is 10.6 Å². The summed E-state index contributed by atoms with van der Waals surface area (Å²) in [5, 5.41) is 6.55. The maximum Gasteiger partial charge on any atom is 0.191 e. The number of hydrogen-bond donors (Lipinski definition) is 2. The molecule has 1 aromatic rings. The van der Waals surface area contributed by atoms with E-state index in [1.165, 1.54) is 11.1 Å². The SMILES string of the molecule is CCNC(=NCc1ccccc1C)NCCOCC(C)C. The van der Waals surface area contributed by atoms with Crippen LogP contribution in [0.3, 0.4) is 0 Å². The third-order valence-electron chi connectivity index (χ3n) is 3.00. The highest BCUT2D eigenvalue weighted by molar-refractivity contribution is 5.79. The normalized spacial score (nSPS) is 11.8. The average molecular weight is 291 g/mol. The third-order valence-corrected chi connectivity index (χ3v) is 3.00. The Morgan fingerprint density at radius 2 is 2.00 bits per heavy atom. The van der Waals surface area contributed by atoms with Crippen molar-refractivity contribution in [2.75, 3.05) is 26.3 Å². The molecule has 118 valence electrons. The molecule has 4 nitrogen and oxygen atoms in total. The Hall–Kier alpha value is -1.55. The Morgan fingerprint density at radius 1 is 1.24 bits per heavy atom. The number of rotatable bonds is 8. The number of hydrogen-bond acceptors (Lipinski definition) is 2. The molecular formula is C17H29N3O. The van der Waals surface area contributed by atoms with Gasteiger partial charge in [0.2, 0.25) is 0 Å². The number of benzene rings is 1. The third kappa shape index (κ3) is 7.71. The van der Waals surface area contributed by atoms with Gasteiger partial charge in [0, 0.05) is 19.7 Å².